The summed E-state index contributed by atoms with van der Waals surface area (Å²) in [6.45, 7) is 7.27. The fourth-order valence-electron chi connectivity index (χ4n) is 2.28. The summed E-state index contributed by atoms with van der Waals surface area (Å²) in [5.74, 6) is -0.644. The zero-order valence-electron chi connectivity index (χ0n) is 16.4. The number of aryl methyl sites for hydroxylation is 1. The molecule has 0 spiro atoms. The van der Waals surface area contributed by atoms with Crippen LogP contribution in [0.3, 0.4) is 0 Å². The number of alkyl carbamates (subject to hydrolysis) is 1. The smallest absolute Gasteiger partial charge is 0.412 e. The van der Waals surface area contributed by atoms with Crippen LogP contribution in [0.15, 0.2) is 58.7 Å². The van der Waals surface area contributed by atoms with Crippen molar-refractivity contribution in [3.05, 3.63) is 75.4 Å². The van der Waals surface area contributed by atoms with Crippen LogP contribution >= 0.6 is 15.9 Å². The Morgan fingerprint density at radius 1 is 1.11 bits per heavy atom. The molecular weight excluding hydrogens is 422 g/mol. The molecule has 0 saturated heterocycles. The molecule has 2 aromatic rings. The van der Waals surface area contributed by atoms with E-state index in [1.54, 1.807) is 26.8 Å². The van der Waals surface area contributed by atoms with Crippen molar-refractivity contribution in [2.45, 2.75) is 39.9 Å². The lowest BCUT2D eigenvalue weighted by atomic mass is 10.1. The summed E-state index contributed by atoms with van der Waals surface area (Å²) in [5, 5.41) is 2.51. The van der Waals surface area contributed by atoms with Crippen molar-refractivity contribution in [3.8, 4) is 0 Å². The highest BCUT2D eigenvalue weighted by molar-refractivity contribution is 9.10. The highest BCUT2D eigenvalue weighted by atomic mass is 79.9. The molecule has 2 rings (SSSR count). The Hall–Kier alpha value is -2.60. The highest BCUT2D eigenvalue weighted by Crippen LogP contribution is 2.19. The molecule has 1 amide bonds. The van der Waals surface area contributed by atoms with Gasteiger partial charge in [0.25, 0.3) is 0 Å². The summed E-state index contributed by atoms with van der Waals surface area (Å²) in [4.78, 5) is 24.8. The average molecular weight is 446 g/mol. The van der Waals surface area contributed by atoms with Gasteiger partial charge in [0.15, 0.2) is 0 Å². The maximum atomic E-state index is 12.6. The molecule has 148 valence electrons. The van der Waals surface area contributed by atoms with Gasteiger partial charge in [0, 0.05) is 4.47 Å². The van der Waals surface area contributed by atoms with Crippen molar-refractivity contribution >= 4 is 34.1 Å². The maximum Gasteiger partial charge on any atom is 0.412 e. The molecule has 0 atom stereocenters. The first-order valence-electron chi connectivity index (χ1n) is 8.83. The highest BCUT2D eigenvalue weighted by Gasteiger charge is 2.21. The van der Waals surface area contributed by atoms with Gasteiger partial charge in [0.05, 0.1) is 0 Å². The largest absolute Gasteiger partial charge is 0.456 e. The van der Waals surface area contributed by atoms with E-state index < -0.39 is 17.7 Å². The van der Waals surface area contributed by atoms with Crippen LogP contribution in [0.1, 0.15) is 37.5 Å². The first-order valence-corrected chi connectivity index (χ1v) is 9.62. The number of hydrogen-bond donors (Lipinski definition) is 1. The number of amides is 1. The quantitative estimate of drug-likeness (QED) is 0.496. The van der Waals surface area contributed by atoms with Crippen LogP contribution in [-0.4, -0.2) is 17.7 Å². The molecule has 0 unspecified atom stereocenters. The fourth-order valence-corrected chi connectivity index (χ4v) is 2.66. The van der Waals surface area contributed by atoms with Crippen LogP contribution in [0.5, 0.6) is 0 Å². The predicted octanol–water partition coefficient (Wildman–Crippen LogP) is 5.37. The van der Waals surface area contributed by atoms with E-state index in [0.717, 1.165) is 21.2 Å². The summed E-state index contributed by atoms with van der Waals surface area (Å²) in [7, 11) is 0. The minimum atomic E-state index is -0.719. The topological polar surface area (TPSA) is 64.6 Å². The molecule has 2 aromatic carbocycles. The Balaban J connectivity index is 2.24. The van der Waals surface area contributed by atoms with Gasteiger partial charge in [-0.05, 0) is 62.6 Å². The zero-order chi connectivity index (χ0) is 20.7. The van der Waals surface area contributed by atoms with E-state index in [2.05, 4.69) is 21.2 Å². The minimum absolute atomic E-state index is 0.00591. The number of carbonyl (C=O) groups is 2. The van der Waals surface area contributed by atoms with Gasteiger partial charge in [-0.25, -0.2) is 9.59 Å². The fraction of sp³-hybridized carbons (Fsp3) is 0.273. The molecule has 0 saturated carbocycles. The van der Waals surface area contributed by atoms with Crippen molar-refractivity contribution < 1.29 is 19.1 Å². The molecule has 5 nitrogen and oxygen atoms in total. The van der Waals surface area contributed by atoms with Crippen molar-refractivity contribution in [3.63, 3.8) is 0 Å². The lowest BCUT2D eigenvalue weighted by Gasteiger charge is -2.20. The third-order valence-corrected chi connectivity index (χ3v) is 4.10. The number of carbonyl (C=O) groups excluding carboxylic acids is 2. The Bertz CT molecular complexity index is 870. The van der Waals surface area contributed by atoms with Gasteiger partial charge in [0.1, 0.15) is 17.9 Å². The average Bonchev–Trinajstić information content (AvgIpc) is 2.61. The van der Waals surface area contributed by atoms with Crippen LogP contribution in [0, 0.1) is 6.92 Å². The third kappa shape index (κ3) is 7.19. The van der Waals surface area contributed by atoms with E-state index in [-0.39, 0.29) is 12.3 Å². The van der Waals surface area contributed by atoms with Gasteiger partial charge in [-0.3, -0.25) is 5.32 Å². The summed E-state index contributed by atoms with van der Waals surface area (Å²) in [5.41, 5.74) is 1.89. The van der Waals surface area contributed by atoms with E-state index >= 15 is 0 Å². The first kappa shape index (κ1) is 21.7. The monoisotopic (exact) mass is 445 g/mol. The van der Waals surface area contributed by atoms with Crippen LogP contribution in [-0.2, 0) is 20.9 Å². The predicted molar refractivity (Wildman–Crippen MR) is 112 cm³/mol. The number of nitrogens with one attached hydrogen (secondary N) is 1. The Morgan fingerprint density at radius 3 is 2.43 bits per heavy atom. The zero-order valence-corrected chi connectivity index (χ0v) is 18.0. The second-order valence-electron chi connectivity index (χ2n) is 7.25. The number of benzene rings is 2. The summed E-state index contributed by atoms with van der Waals surface area (Å²) in [6, 6.07) is 15.0. The van der Waals surface area contributed by atoms with Crippen LogP contribution < -0.4 is 5.32 Å². The molecule has 0 aromatic heterocycles. The number of hydrogen-bond acceptors (Lipinski definition) is 4. The number of ether oxygens (including phenoxy) is 2. The summed E-state index contributed by atoms with van der Waals surface area (Å²) in [6.07, 6.45) is 0.861. The van der Waals surface area contributed by atoms with Crippen LogP contribution in [0.25, 0.3) is 6.08 Å². The molecule has 6 heteroatoms. The van der Waals surface area contributed by atoms with Crippen molar-refractivity contribution in [2.75, 3.05) is 0 Å². The van der Waals surface area contributed by atoms with Crippen molar-refractivity contribution in [2.24, 2.45) is 0 Å². The molecule has 0 fully saturated rings. The molecule has 0 radical (unpaired) electrons. The normalized spacial score (nSPS) is 11.7. The molecule has 1 N–H and O–H groups in total. The van der Waals surface area contributed by atoms with Gasteiger partial charge in [-0.15, -0.1) is 0 Å². The van der Waals surface area contributed by atoms with Crippen LogP contribution in [0.2, 0.25) is 0 Å². The molecule has 0 bridgehead atoms. The van der Waals surface area contributed by atoms with E-state index in [1.165, 1.54) is 0 Å². The van der Waals surface area contributed by atoms with E-state index in [4.69, 9.17) is 9.47 Å². The van der Waals surface area contributed by atoms with Gasteiger partial charge >= 0.3 is 12.1 Å². The Morgan fingerprint density at radius 2 is 1.79 bits per heavy atom. The second-order valence-corrected chi connectivity index (χ2v) is 8.16. The Kier molecular flexibility index (Phi) is 7.40. The lowest BCUT2D eigenvalue weighted by molar-refractivity contribution is -0.140. The summed E-state index contributed by atoms with van der Waals surface area (Å²) >= 11 is 3.42. The van der Waals surface area contributed by atoms with E-state index in [1.807, 2.05) is 55.5 Å². The number of rotatable bonds is 5. The van der Waals surface area contributed by atoms with Crippen LogP contribution in [0.4, 0.5) is 4.79 Å². The molecule has 0 aliphatic rings. The molecule has 0 aliphatic heterocycles. The van der Waals surface area contributed by atoms with Crippen molar-refractivity contribution in [1.29, 1.82) is 0 Å². The van der Waals surface area contributed by atoms with Gasteiger partial charge < -0.3 is 9.47 Å². The lowest BCUT2D eigenvalue weighted by Crippen LogP contribution is -2.34. The van der Waals surface area contributed by atoms with Gasteiger partial charge in [-0.1, -0.05) is 52.3 Å². The van der Waals surface area contributed by atoms with E-state index in [9.17, 15) is 9.59 Å². The van der Waals surface area contributed by atoms with E-state index in [0.29, 0.717) is 0 Å². The summed E-state index contributed by atoms with van der Waals surface area (Å²) < 4.78 is 11.5. The SMILES string of the molecule is Cc1ccc(Br)cc1/C=C(\NC(=O)OC(C)(C)C)C(=O)OCc1ccccc1. The van der Waals surface area contributed by atoms with Gasteiger partial charge in [-0.2, -0.15) is 0 Å². The Labute approximate surface area is 173 Å². The molecule has 0 aliphatic carbocycles. The third-order valence-electron chi connectivity index (χ3n) is 3.61. The minimum Gasteiger partial charge on any atom is -0.456 e. The maximum absolute atomic E-state index is 12.6. The van der Waals surface area contributed by atoms with Crippen molar-refractivity contribution in [1.82, 2.24) is 5.32 Å². The molecule has 0 heterocycles. The number of esters is 1. The first-order chi connectivity index (χ1) is 13.1. The van der Waals surface area contributed by atoms with Gasteiger partial charge in [0.2, 0.25) is 0 Å². The molecule has 28 heavy (non-hydrogen) atoms. The number of halogens is 1. The second kappa shape index (κ2) is 9.55. The molecular formula is C22H24BrNO4. The standard InChI is InChI=1S/C22H24BrNO4/c1-15-10-11-18(23)12-17(15)13-19(24-21(26)28-22(2,3)4)20(25)27-14-16-8-6-5-7-9-16/h5-13H,14H2,1-4H3,(H,24,26)/b19-13-.